The molecule has 1 aliphatic heterocycles. The Balaban J connectivity index is 1.95. The average molecular weight is 250 g/mol. The third-order valence-corrected chi connectivity index (χ3v) is 3.27. The van der Waals surface area contributed by atoms with E-state index in [-0.39, 0.29) is 5.69 Å². The van der Waals surface area contributed by atoms with Crippen molar-refractivity contribution in [1.29, 1.82) is 0 Å². The quantitative estimate of drug-likeness (QED) is 0.646. The lowest BCUT2D eigenvalue weighted by Gasteiger charge is -2.28. The molecule has 6 heteroatoms. The van der Waals surface area contributed by atoms with Crippen LogP contribution in [0.2, 0.25) is 0 Å². The van der Waals surface area contributed by atoms with Crippen LogP contribution in [0.15, 0.2) is 18.3 Å². The van der Waals surface area contributed by atoms with Gasteiger partial charge in [-0.3, -0.25) is 10.1 Å². The molecule has 0 aliphatic carbocycles. The van der Waals surface area contributed by atoms with Gasteiger partial charge in [0.2, 0.25) is 0 Å². The molecular weight excluding hydrogens is 232 g/mol. The molecule has 0 aromatic carbocycles. The second kappa shape index (κ2) is 5.77. The van der Waals surface area contributed by atoms with Crippen LogP contribution in [0.1, 0.15) is 12.8 Å². The third kappa shape index (κ3) is 3.16. The lowest BCUT2D eigenvalue weighted by molar-refractivity contribution is -0.385. The highest BCUT2D eigenvalue weighted by molar-refractivity contribution is 5.42. The minimum absolute atomic E-state index is 0.0338. The number of hydrogen-bond acceptors (Lipinski definition) is 5. The Bertz CT molecular complexity index is 401. The summed E-state index contributed by atoms with van der Waals surface area (Å²) in [7, 11) is 1.97. The molecule has 6 nitrogen and oxygen atoms in total. The number of nitro groups is 1. The van der Waals surface area contributed by atoms with E-state index in [0.29, 0.717) is 5.92 Å². The summed E-state index contributed by atoms with van der Waals surface area (Å²) in [6.45, 7) is 3.07. The normalized spacial score (nSPS) is 19.5. The summed E-state index contributed by atoms with van der Waals surface area (Å²) in [6, 6.07) is 3.20. The Hall–Kier alpha value is -1.69. The standard InChI is InChI=1S/C12H18N4O2/c1-15(9-10-3-2-6-13-7-10)12-5-4-11(8-14-12)16(17)18/h4-5,8,10,13H,2-3,6-7,9H2,1H3/t10-/m0/s1. The third-order valence-electron chi connectivity index (χ3n) is 3.27. The highest BCUT2D eigenvalue weighted by atomic mass is 16.6. The molecule has 1 aromatic heterocycles. The first-order valence-corrected chi connectivity index (χ1v) is 6.19. The molecule has 0 bridgehead atoms. The van der Waals surface area contributed by atoms with E-state index in [1.54, 1.807) is 6.07 Å². The molecule has 1 atom stereocenters. The van der Waals surface area contributed by atoms with Crippen LogP contribution in [0.3, 0.4) is 0 Å². The molecule has 1 aliphatic rings. The van der Waals surface area contributed by atoms with Gasteiger partial charge < -0.3 is 10.2 Å². The second-order valence-corrected chi connectivity index (χ2v) is 4.72. The number of nitrogens with zero attached hydrogens (tertiary/aromatic N) is 3. The maximum absolute atomic E-state index is 10.5. The minimum atomic E-state index is -0.429. The average Bonchev–Trinajstić information content (AvgIpc) is 2.40. The molecule has 0 amide bonds. The van der Waals surface area contributed by atoms with Gasteiger partial charge in [-0.05, 0) is 37.9 Å². The first-order valence-electron chi connectivity index (χ1n) is 6.19. The van der Waals surface area contributed by atoms with Crippen molar-refractivity contribution < 1.29 is 4.92 Å². The summed E-state index contributed by atoms with van der Waals surface area (Å²) in [6.07, 6.45) is 3.75. The highest BCUT2D eigenvalue weighted by Gasteiger charge is 2.16. The molecule has 1 aromatic rings. The fraction of sp³-hybridized carbons (Fsp3) is 0.583. The zero-order valence-corrected chi connectivity index (χ0v) is 10.5. The van der Waals surface area contributed by atoms with Gasteiger partial charge in [-0.15, -0.1) is 0 Å². The Kier molecular flexibility index (Phi) is 4.09. The van der Waals surface area contributed by atoms with Crippen LogP contribution in [0.5, 0.6) is 0 Å². The van der Waals surface area contributed by atoms with E-state index in [1.807, 2.05) is 7.05 Å². The Morgan fingerprint density at radius 1 is 1.61 bits per heavy atom. The van der Waals surface area contributed by atoms with Gasteiger partial charge in [-0.1, -0.05) is 0 Å². The lowest BCUT2D eigenvalue weighted by atomic mass is 9.99. The van der Waals surface area contributed by atoms with E-state index in [4.69, 9.17) is 0 Å². The summed E-state index contributed by atoms with van der Waals surface area (Å²) in [5.74, 6) is 1.41. The van der Waals surface area contributed by atoms with Gasteiger partial charge in [0, 0.05) is 19.7 Å². The zero-order chi connectivity index (χ0) is 13.0. The predicted octanol–water partition coefficient (Wildman–Crippen LogP) is 1.43. The van der Waals surface area contributed by atoms with Crippen molar-refractivity contribution in [1.82, 2.24) is 10.3 Å². The van der Waals surface area contributed by atoms with E-state index >= 15 is 0 Å². The largest absolute Gasteiger partial charge is 0.359 e. The van der Waals surface area contributed by atoms with Crippen molar-refractivity contribution >= 4 is 11.5 Å². The SMILES string of the molecule is CN(C[C@H]1CCCNC1)c1ccc([N+](=O)[O-])cn1. The zero-order valence-electron chi connectivity index (χ0n) is 10.5. The van der Waals surface area contributed by atoms with E-state index in [9.17, 15) is 10.1 Å². The monoisotopic (exact) mass is 250 g/mol. The molecule has 0 spiro atoms. The van der Waals surface area contributed by atoms with Crippen molar-refractivity contribution in [3.63, 3.8) is 0 Å². The number of aromatic nitrogens is 1. The van der Waals surface area contributed by atoms with Gasteiger partial charge in [0.1, 0.15) is 12.0 Å². The summed E-state index contributed by atoms with van der Waals surface area (Å²) in [4.78, 5) is 16.3. The number of piperidine rings is 1. The van der Waals surface area contributed by atoms with Gasteiger partial charge in [-0.2, -0.15) is 0 Å². The molecule has 2 rings (SSSR count). The van der Waals surface area contributed by atoms with Gasteiger partial charge in [0.15, 0.2) is 0 Å². The Labute approximate surface area is 106 Å². The van der Waals surface area contributed by atoms with Gasteiger partial charge in [-0.25, -0.2) is 4.98 Å². The van der Waals surface area contributed by atoms with Crippen molar-refractivity contribution in [2.75, 3.05) is 31.6 Å². The fourth-order valence-corrected chi connectivity index (χ4v) is 2.27. The molecule has 2 heterocycles. The molecule has 0 saturated carbocycles. The molecule has 98 valence electrons. The van der Waals surface area contributed by atoms with Crippen LogP contribution >= 0.6 is 0 Å². The summed E-state index contributed by atoms with van der Waals surface area (Å²) < 4.78 is 0. The molecular formula is C12H18N4O2. The maximum atomic E-state index is 10.5. The smallest absolute Gasteiger partial charge is 0.287 e. The molecule has 0 radical (unpaired) electrons. The van der Waals surface area contributed by atoms with Gasteiger partial charge in [0.25, 0.3) is 5.69 Å². The first-order chi connectivity index (χ1) is 8.66. The molecule has 1 N–H and O–H groups in total. The van der Waals surface area contributed by atoms with E-state index in [0.717, 1.165) is 25.5 Å². The van der Waals surface area contributed by atoms with E-state index in [2.05, 4.69) is 15.2 Å². The van der Waals surface area contributed by atoms with Crippen molar-refractivity contribution in [2.24, 2.45) is 5.92 Å². The van der Waals surface area contributed by atoms with Crippen LogP contribution in [-0.2, 0) is 0 Å². The molecule has 1 saturated heterocycles. The van der Waals surface area contributed by atoms with Gasteiger partial charge in [0.05, 0.1) is 4.92 Å². The van der Waals surface area contributed by atoms with Crippen LogP contribution in [0, 0.1) is 16.0 Å². The summed E-state index contributed by atoms with van der Waals surface area (Å²) in [5, 5.41) is 13.9. The molecule has 0 unspecified atom stereocenters. The number of anilines is 1. The van der Waals surface area contributed by atoms with Crippen LogP contribution in [0.25, 0.3) is 0 Å². The van der Waals surface area contributed by atoms with Crippen LogP contribution in [0.4, 0.5) is 11.5 Å². The number of nitrogens with one attached hydrogen (secondary N) is 1. The van der Waals surface area contributed by atoms with Crippen LogP contribution in [-0.4, -0.2) is 36.6 Å². The molecule has 18 heavy (non-hydrogen) atoms. The Morgan fingerprint density at radius 3 is 3.00 bits per heavy atom. The predicted molar refractivity (Wildman–Crippen MR) is 69.8 cm³/mol. The number of hydrogen-bond donors (Lipinski definition) is 1. The van der Waals surface area contributed by atoms with E-state index in [1.165, 1.54) is 25.1 Å². The van der Waals surface area contributed by atoms with Crippen LogP contribution < -0.4 is 10.2 Å². The fourth-order valence-electron chi connectivity index (χ4n) is 2.27. The highest BCUT2D eigenvalue weighted by Crippen LogP contribution is 2.17. The van der Waals surface area contributed by atoms with E-state index < -0.39 is 4.92 Å². The van der Waals surface area contributed by atoms with Crippen molar-refractivity contribution in [2.45, 2.75) is 12.8 Å². The lowest BCUT2D eigenvalue weighted by Crippen LogP contribution is -2.37. The maximum Gasteiger partial charge on any atom is 0.287 e. The first kappa shape index (κ1) is 12.8. The van der Waals surface area contributed by atoms with Crippen molar-refractivity contribution in [3.05, 3.63) is 28.4 Å². The minimum Gasteiger partial charge on any atom is -0.359 e. The van der Waals surface area contributed by atoms with Crippen molar-refractivity contribution in [3.8, 4) is 0 Å². The summed E-state index contributed by atoms with van der Waals surface area (Å²) in [5.41, 5.74) is 0.0338. The molecule has 1 fully saturated rings. The summed E-state index contributed by atoms with van der Waals surface area (Å²) >= 11 is 0. The topological polar surface area (TPSA) is 71.3 Å². The Morgan fingerprint density at radius 2 is 2.44 bits per heavy atom. The second-order valence-electron chi connectivity index (χ2n) is 4.72. The van der Waals surface area contributed by atoms with Gasteiger partial charge >= 0.3 is 0 Å². The number of pyridine rings is 1. The number of rotatable bonds is 4.